The Labute approximate surface area is 159 Å². The highest BCUT2D eigenvalue weighted by molar-refractivity contribution is 9.10. The summed E-state index contributed by atoms with van der Waals surface area (Å²) in [6.45, 7) is 2.31. The van der Waals surface area contributed by atoms with Crippen LogP contribution in [0.25, 0.3) is 10.6 Å². The molecule has 1 atom stereocenters. The fourth-order valence-corrected chi connectivity index (χ4v) is 2.95. The molecule has 1 aromatic heterocycles. The van der Waals surface area contributed by atoms with Gasteiger partial charge in [0.25, 0.3) is 5.91 Å². The van der Waals surface area contributed by atoms with Crippen molar-refractivity contribution < 1.29 is 27.9 Å². The number of carboxylic acid groups (broad SMARTS) is 1. The Morgan fingerprint density at radius 3 is 2.46 bits per heavy atom. The van der Waals surface area contributed by atoms with E-state index in [0.717, 1.165) is 15.0 Å². The summed E-state index contributed by atoms with van der Waals surface area (Å²) >= 11 is 4.84. The topological polar surface area (TPSA) is 105 Å². The molecule has 0 spiro atoms. The molecule has 0 aliphatic carbocycles. The second-order valence-corrected chi connectivity index (χ2v) is 6.88. The number of hydrogen-bond donors (Lipinski definition) is 3. The first kappa shape index (κ1) is 22.1. The molecule has 2 rings (SSSR count). The quantitative estimate of drug-likeness (QED) is 0.658. The minimum Gasteiger partial charge on any atom is -0.475 e. The number of amides is 1. The van der Waals surface area contributed by atoms with Crippen LogP contribution in [-0.4, -0.2) is 40.7 Å². The molecular formula is C15H15BrF3N3O3S. The number of aromatic nitrogens is 1. The summed E-state index contributed by atoms with van der Waals surface area (Å²) in [7, 11) is 0. The number of halogens is 4. The molecule has 0 bridgehead atoms. The van der Waals surface area contributed by atoms with E-state index >= 15 is 0 Å². The molecule has 1 heterocycles. The van der Waals surface area contributed by atoms with Gasteiger partial charge in [-0.3, -0.25) is 4.79 Å². The Balaban J connectivity index is 0.000000412. The van der Waals surface area contributed by atoms with E-state index in [4.69, 9.17) is 15.6 Å². The zero-order chi connectivity index (χ0) is 19.9. The number of hydrogen-bond acceptors (Lipinski definition) is 5. The van der Waals surface area contributed by atoms with Crippen LogP contribution in [0.4, 0.5) is 13.2 Å². The van der Waals surface area contributed by atoms with Crippen LogP contribution >= 0.6 is 27.3 Å². The minimum absolute atomic E-state index is 0.0559. The van der Waals surface area contributed by atoms with E-state index in [0.29, 0.717) is 11.4 Å². The molecule has 1 amide bonds. The highest BCUT2D eigenvalue weighted by Crippen LogP contribution is 2.31. The van der Waals surface area contributed by atoms with Crippen molar-refractivity contribution in [1.82, 2.24) is 10.3 Å². The number of rotatable bonds is 4. The first-order chi connectivity index (χ1) is 12.0. The fraction of sp³-hybridized carbons (Fsp3) is 0.267. The van der Waals surface area contributed by atoms with Crippen molar-refractivity contribution in [2.24, 2.45) is 5.73 Å². The van der Waals surface area contributed by atoms with Gasteiger partial charge >= 0.3 is 12.1 Å². The number of thiazole rings is 1. The zero-order valence-corrected chi connectivity index (χ0v) is 15.8. The molecule has 26 heavy (non-hydrogen) atoms. The van der Waals surface area contributed by atoms with Crippen molar-refractivity contribution in [3.05, 3.63) is 39.8 Å². The maximum Gasteiger partial charge on any atom is 0.490 e. The van der Waals surface area contributed by atoms with Crippen LogP contribution in [0.1, 0.15) is 16.6 Å². The predicted molar refractivity (Wildman–Crippen MR) is 94.9 cm³/mol. The largest absolute Gasteiger partial charge is 0.490 e. The van der Waals surface area contributed by atoms with E-state index in [9.17, 15) is 18.0 Å². The lowest BCUT2D eigenvalue weighted by atomic mass is 10.2. The fourth-order valence-electron chi connectivity index (χ4n) is 1.48. The summed E-state index contributed by atoms with van der Waals surface area (Å²) in [4.78, 5) is 25.6. The third-order valence-electron chi connectivity index (χ3n) is 2.66. The van der Waals surface area contributed by atoms with Crippen molar-refractivity contribution in [2.75, 3.05) is 6.54 Å². The average molecular weight is 454 g/mol. The van der Waals surface area contributed by atoms with Crippen LogP contribution in [0, 0.1) is 0 Å². The molecule has 0 aliphatic heterocycles. The number of aliphatic carboxylic acids is 1. The number of nitrogens with two attached hydrogens (primary N) is 1. The Bertz CT molecular complexity index is 766. The molecule has 0 radical (unpaired) electrons. The van der Waals surface area contributed by atoms with Crippen molar-refractivity contribution in [3.63, 3.8) is 0 Å². The zero-order valence-electron chi connectivity index (χ0n) is 13.4. The number of nitrogens with one attached hydrogen (secondary N) is 1. The number of carbonyl (C=O) groups excluding carboxylic acids is 1. The normalized spacial score (nSPS) is 11.9. The van der Waals surface area contributed by atoms with Gasteiger partial charge in [-0.25, -0.2) is 9.78 Å². The Hall–Kier alpha value is -1.98. The Morgan fingerprint density at radius 1 is 1.38 bits per heavy atom. The van der Waals surface area contributed by atoms with E-state index in [1.165, 1.54) is 11.3 Å². The number of carbonyl (C=O) groups is 2. The molecule has 142 valence electrons. The van der Waals surface area contributed by atoms with Crippen molar-refractivity contribution >= 4 is 39.1 Å². The second kappa shape index (κ2) is 9.64. The summed E-state index contributed by atoms with van der Waals surface area (Å²) in [6.07, 6.45) is -3.49. The van der Waals surface area contributed by atoms with Gasteiger partial charge in [-0.05, 0) is 13.0 Å². The van der Waals surface area contributed by atoms with Gasteiger partial charge in [0.1, 0.15) is 9.88 Å². The summed E-state index contributed by atoms with van der Waals surface area (Å²) in [5.41, 5.74) is 6.59. The first-order valence-corrected chi connectivity index (χ1v) is 8.68. The van der Waals surface area contributed by atoms with Gasteiger partial charge in [0.2, 0.25) is 0 Å². The van der Waals surface area contributed by atoms with Gasteiger partial charge in [-0.15, -0.1) is 11.3 Å². The predicted octanol–water partition coefficient (Wildman–Crippen LogP) is 3.28. The summed E-state index contributed by atoms with van der Waals surface area (Å²) in [5, 5.41) is 10.7. The molecule has 6 nitrogen and oxygen atoms in total. The van der Waals surface area contributed by atoms with Gasteiger partial charge in [0, 0.05) is 22.6 Å². The molecule has 1 aromatic carbocycles. The molecule has 4 N–H and O–H groups in total. The van der Waals surface area contributed by atoms with E-state index in [1.54, 1.807) is 6.20 Å². The Kier molecular flexibility index (Phi) is 8.18. The molecule has 0 fully saturated rings. The average Bonchev–Trinajstić information content (AvgIpc) is 3.02. The van der Waals surface area contributed by atoms with Crippen LogP contribution in [0.2, 0.25) is 0 Å². The highest BCUT2D eigenvalue weighted by Gasteiger charge is 2.38. The number of alkyl halides is 3. The third kappa shape index (κ3) is 7.10. The molecule has 0 unspecified atom stereocenters. The molecular weight excluding hydrogens is 439 g/mol. The summed E-state index contributed by atoms with van der Waals surface area (Å²) in [5.74, 6) is -2.89. The van der Waals surface area contributed by atoms with Gasteiger partial charge in [0.15, 0.2) is 0 Å². The van der Waals surface area contributed by atoms with E-state index in [1.807, 2.05) is 31.2 Å². The van der Waals surface area contributed by atoms with Crippen LogP contribution in [0.5, 0.6) is 0 Å². The maximum absolute atomic E-state index is 11.9. The minimum atomic E-state index is -5.08. The summed E-state index contributed by atoms with van der Waals surface area (Å²) < 4.78 is 32.7. The monoisotopic (exact) mass is 453 g/mol. The van der Waals surface area contributed by atoms with Crippen LogP contribution < -0.4 is 11.1 Å². The van der Waals surface area contributed by atoms with E-state index in [2.05, 4.69) is 26.2 Å². The first-order valence-electron chi connectivity index (χ1n) is 7.07. The van der Waals surface area contributed by atoms with Crippen molar-refractivity contribution in [2.45, 2.75) is 19.1 Å². The van der Waals surface area contributed by atoms with Gasteiger partial charge < -0.3 is 16.2 Å². The maximum atomic E-state index is 11.9. The van der Waals surface area contributed by atoms with Crippen molar-refractivity contribution in [1.29, 1.82) is 0 Å². The van der Waals surface area contributed by atoms with Crippen molar-refractivity contribution in [3.8, 4) is 10.6 Å². The second-order valence-electron chi connectivity index (χ2n) is 5.00. The lowest BCUT2D eigenvalue weighted by Crippen LogP contribution is -2.34. The smallest absolute Gasteiger partial charge is 0.475 e. The molecule has 0 saturated heterocycles. The number of benzene rings is 1. The van der Waals surface area contributed by atoms with Crippen LogP contribution in [0.15, 0.2) is 34.9 Å². The Morgan fingerprint density at radius 2 is 1.96 bits per heavy atom. The van der Waals surface area contributed by atoms with Crippen LogP contribution in [0.3, 0.4) is 0 Å². The highest BCUT2D eigenvalue weighted by atomic mass is 79.9. The SMILES string of the molecule is C[C@H](N)CNC(=O)c1cnc(-c2ccccc2Br)s1.O=C(O)C(F)(F)F. The van der Waals surface area contributed by atoms with E-state index < -0.39 is 12.1 Å². The lowest BCUT2D eigenvalue weighted by Gasteiger charge is -2.05. The lowest BCUT2D eigenvalue weighted by molar-refractivity contribution is -0.192. The number of nitrogens with zero attached hydrogens (tertiary/aromatic N) is 1. The van der Waals surface area contributed by atoms with Gasteiger partial charge in [-0.2, -0.15) is 13.2 Å². The van der Waals surface area contributed by atoms with Crippen LogP contribution in [-0.2, 0) is 4.79 Å². The van der Waals surface area contributed by atoms with Gasteiger partial charge in [-0.1, -0.05) is 34.1 Å². The summed E-state index contributed by atoms with van der Waals surface area (Å²) in [6, 6.07) is 7.74. The molecule has 0 saturated carbocycles. The number of carboxylic acids is 1. The molecule has 11 heteroatoms. The standard InChI is InChI=1S/C13H14BrN3OS.C2HF3O2/c1-8(15)6-16-12(18)11-7-17-13(19-11)9-4-2-3-5-10(9)14;3-2(4,5)1(6)7/h2-5,7-8H,6,15H2,1H3,(H,16,18);(H,6,7)/t8-;/m0./s1. The molecule has 2 aromatic rings. The van der Waals surface area contributed by atoms with Gasteiger partial charge in [0.05, 0.1) is 6.20 Å². The van der Waals surface area contributed by atoms with E-state index in [-0.39, 0.29) is 11.9 Å². The third-order valence-corrected chi connectivity index (χ3v) is 4.38. The molecule has 0 aliphatic rings.